The number of carbonyl (C=O) groups is 1. The Labute approximate surface area is 157 Å². The number of benzene rings is 3. The predicted octanol–water partition coefficient (Wildman–Crippen LogP) is 5.49. The molecule has 3 aromatic carbocycles. The summed E-state index contributed by atoms with van der Waals surface area (Å²) in [7, 11) is 1.57. The number of aromatic nitrogens is 1. The number of aromatic amines is 1. The molecule has 1 aromatic heterocycles. The van der Waals surface area contributed by atoms with Crippen molar-refractivity contribution in [3.8, 4) is 17.0 Å². The van der Waals surface area contributed by atoms with Gasteiger partial charge in [-0.15, -0.1) is 0 Å². The lowest BCUT2D eigenvalue weighted by atomic mass is 10.1. The summed E-state index contributed by atoms with van der Waals surface area (Å²) in [6, 6.07) is 24.8. The van der Waals surface area contributed by atoms with E-state index < -0.39 is 0 Å². The number of anilines is 2. The Balaban J connectivity index is 1.70. The summed E-state index contributed by atoms with van der Waals surface area (Å²) in [5, 5.41) is 6.80. The molecule has 27 heavy (non-hydrogen) atoms. The normalized spacial score (nSPS) is 10.6. The molecule has 1 heterocycles. The van der Waals surface area contributed by atoms with Gasteiger partial charge in [-0.1, -0.05) is 60.7 Å². The SMILES string of the molecule is COc1ccccc1NC(=O)Nc1c(-c2ccccc2)[nH]c2ccccc12. The molecule has 0 saturated heterocycles. The molecule has 0 fully saturated rings. The van der Waals surface area contributed by atoms with Crippen LogP contribution in [0.1, 0.15) is 0 Å². The van der Waals surface area contributed by atoms with Crippen LogP contribution in [0.2, 0.25) is 0 Å². The number of fused-ring (bicyclic) bond motifs is 1. The number of rotatable bonds is 4. The van der Waals surface area contributed by atoms with E-state index >= 15 is 0 Å². The summed E-state index contributed by atoms with van der Waals surface area (Å²) < 4.78 is 5.30. The standard InChI is InChI=1S/C22H19N3O2/c1-27-19-14-8-7-13-18(19)24-22(26)25-21-16-11-5-6-12-17(16)23-20(21)15-9-3-2-4-10-15/h2-14,23H,1H3,(H2,24,25,26). The first-order chi connectivity index (χ1) is 13.3. The Kier molecular flexibility index (Phi) is 4.49. The molecule has 0 aliphatic carbocycles. The second-order valence-corrected chi connectivity index (χ2v) is 6.07. The minimum atomic E-state index is -0.332. The molecule has 5 nitrogen and oxygen atoms in total. The van der Waals surface area contributed by atoms with E-state index in [0.717, 1.165) is 27.8 Å². The minimum absolute atomic E-state index is 0.332. The molecule has 4 aromatic rings. The molecule has 0 bridgehead atoms. The molecular weight excluding hydrogens is 338 g/mol. The number of ether oxygens (including phenoxy) is 1. The molecule has 5 heteroatoms. The monoisotopic (exact) mass is 357 g/mol. The lowest BCUT2D eigenvalue weighted by Crippen LogP contribution is -2.20. The van der Waals surface area contributed by atoms with Crippen LogP contribution in [0, 0.1) is 0 Å². The van der Waals surface area contributed by atoms with Crippen LogP contribution in [-0.4, -0.2) is 18.1 Å². The third-order valence-electron chi connectivity index (χ3n) is 4.36. The topological polar surface area (TPSA) is 66.2 Å². The number of methoxy groups -OCH3 is 1. The van der Waals surface area contributed by atoms with Crippen LogP contribution < -0.4 is 15.4 Å². The number of H-pyrrole nitrogens is 1. The van der Waals surface area contributed by atoms with Gasteiger partial charge in [0, 0.05) is 16.5 Å². The van der Waals surface area contributed by atoms with Crippen LogP contribution in [0.3, 0.4) is 0 Å². The number of carbonyl (C=O) groups excluding carboxylic acids is 1. The van der Waals surface area contributed by atoms with Crippen LogP contribution in [0.15, 0.2) is 78.9 Å². The van der Waals surface area contributed by atoms with Gasteiger partial charge in [0.1, 0.15) is 5.75 Å². The summed E-state index contributed by atoms with van der Waals surface area (Å²) >= 11 is 0. The van der Waals surface area contributed by atoms with Crippen LogP contribution in [0.5, 0.6) is 5.75 Å². The van der Waals surface area contributed by atoms with E-state index in [-0.39, 0.29) is 6.03 Å². The molecule has 0 unspecified atom stereocenters. The van der Waals surface area contributed by atoms with E-state index in [1.807, 2.05) is 66.7 Å². The second kappa shape index (κ2) is 7.25. The van der Waals surface area contributed by atoms with Crippen molar-refractivity contribution in [3.63, 3.8) is 0 Å². The third kappa shape index (κ3) is 3.35. The predicted molar refractivity (Wildman–Crippen MR) is 109 cm³/mol. The zero-order valence-corrected chi connectivity index (χ0v) is 14.8. The third-order valence-corrected chi connectivity index (χ3v) is 4.36. The summed E-state index contributed by atoms with van der Waals surface area (Å²) in [6.07, 6.45) is 0. The first-order valence-electron chi connectivity index (χ1n) is 8.63. The minimum Gasteiger partial charge on any atom is -0.495 e. The number of nitrogens with one attached hydrogen (secondary N) is 3. The number of amides is 2. The molecule has 4 rings (SSSR count). The van der Waals surface area contributed by atoms with Gasteiger partial charge in [-0.3, -0.25) is 0 Å². The van der Waals surface area contributed by atoms with Gasteiger partial charge < -0.3 is 20.4 Å². The van der Waals surface area contributed by atoms with Gasteiger partial charge >= 0.3 is 6.03 Å². The second-order valence-electron chi connectivity index (χ2n) is 6.07. The first-order valence-corrected chi connectivity index (χ1v) is 8.63. The van der Waals surface area contributed by atoms with Crippen LogP contribution in [-0.2, 0) is 0 Å². The molecule has 3 N–H and O–H groups in total. The molecule has 0 aliphatic heterocycles. The van der Waals surface area contributed by atoms with E-state index in [2.05, 4.69) is 15.6 Å². The Hall–Kier alpha value is -3.73. The molecule has 0 radical (unpaired) electrons. The van der Waals surface area contributed by atoms with Gasteiger partial charge in [0.05, 0.1) is 24.2 Å². The Morgan fingerprint density at radius 1 is 0.852 bits per heavy atom. The van der Waals surface area contributed by atoms with Crippen molar-refractivity contribution in [2.24, 2.45) is 0 Å². The largest absolute Gasteiger partial charge is 0.495 e. The van der Waals surface area contributed by atoms with Crippen molar-refractivity contribution < 1.29 is 9.53 Å². The highest BCUT2D eigenvalue weighted by Gasteiger charge is 2.16. The maximum absolute atomic E-state index is 12.7. The molecule has 0 atom stereocenters. The van der Waals surface area contributed by atoms with Gasteiger partial charge in [0.2, 0.25) is 0 Å². The maximum atomic E-state index is 12.7. The zero-order chi connectivity index (χ0) is 18.6. The highest BCUT2D eigenvalue weighted by Crippen LogP contribution is 2.35. The Morgan fingerprint density at radius 3 is 2.37 bits per heavy atom. The molecule has 2 amide bonds. The number of para-hydroxylation sites is 3. The van der Waals surface area contributed by atoms with Crippen molar-refractivity contribution in [1.29, 1.82) is 0 Å². The van der Waals surface area contributed by atoms with Gasteiger partial charge in [-0.25, -0.2) is 4.79 Å². The van der Waals surface area contributed by atoms with Crippen molar-refractivity contribution in [2.45, 2.75) is 0 Å². The fourth-order valence-electron chi connectivity index (χ4n) is 3.11. The lowest BCUT2D eigenvalue weighted by Gasteiger charge is -2.12. The van der Waals surface area contributed by atoms with Gasteiger partial charge in [-0.05, 0) is 18.2 Å². The van der Waals surface area contributed by atoms with Crippen molar-refractivity contribution in [3.05, 3.63) is 78.9 Å². The van der Waals surface area contributed by atoms with Crippen molar-refractivity contribution in [1.82, 2.24) is 4.98 Å². The summed E-state index contributed by atoms with van der Waals surface area (Å²) in [4.78, 5) is 16.1. The fraction of sp³-hybridized carbons (Fsp3) is 0.0455. The average Bonchev–Trinajstić information content (AvgIpc) is 3.07. The van der Waals surface area contributed by atoms with Crippen LogP contribution in [0.4, 0.5) is 16.2 Å². The number of hydrogen-bond donors (Lipinski definition) is 3. The molecule has 0 saturated carbocycles. The maximum Gasteiger partial charge on any atom is 0.323 e. The molecule has 134 valence electrons. The van der Waals surface area contributed by atoms with E-state index in [9.17, 15) is 4.79 Å². The lowest BCUT2D eigenvalue weighted by molar-refractivity contribution is 0.262. The van der Waals surface area contributed by atoms with Gasteiger partial charge in [-0.2, -0.15) is 0 Å². The summed E-state index contributed by atoms with van der Waals surface area (Å²) in [6.45, 7) is 0. The van der Waals surface area contributed by atoms with Crippen molar-refractivity contribution in [2.75, 3.05) is 17.7 Å². The van der Waals surface area contributed by atoms with Crippen LogP contribution in [0.25, 0.3) is 22.2 Å². The fourth-order valence-corrected chi connectivity index (χ4v) is 3.11. The smallest absolute Gasteiger partial charge is 0.323 e. The van der Waals surface area contributed by atoms with Gasteiger partial charge in [0.25, 0.3) is 0 Å². The van der Waals surface area contributed by atoms with Gasteiger partial charge in [0.15, 0.2) is 0 Å². The number of hydrogen-bond acceptors (Lipinski definition) is 2. The Morgan fingerprint density at radius 2 is 1.56 bits per heavy atom. The van der Waals surface area contributed by atoms with E-state index in [1.54, 1.807) is 19.2 Å². The van der Waals surface area contributed by atoms with Crippen molar-refractivity contribution >= 4 is 28.3 Å². The van der Waals surface area contributed by atoms with E-state index in [1.165, 1.54) is 0 Å². The van der Waals surface area contributed by atoms with Crippen LogP contribution >= 0.6 is 0 Å². The molecule has 0 spiro atoms. The Bertz CT molecular complexity index is 1090. The average molecular weight is 357 g/mol. The summed E-state index contributed by atoms with van der Waals surface area (Å²) in [5.74, 6) is 0.606. The first kappa shape index (κ1) is 16.7. The zero-order valence-electron chi connectivity index (χ0n) is 14.8. The summed E-state index contributed by atoms with van der Waals surface area (Å²) in [5.41, 5.74) is 4.18. The highest BCUT2D eigenvalue weighted by molar-refractivity contribution is 6.10. The quantitative estimate of drug-likeness (QED) is 0.452. The van der Waals surface area contributed by atoms with E-state index in [0.29, 0.717) is 11.4 Å². The molecule has 0 aliphatic rings. The molecular formula is C22H19N3O2. The highest BCUT2D eigenvalue weighted by atomic mass is 16.5. The van der Waals surface area contributed by atoms with E-state index in [4.69, 9.17) is 4.74 Å². The number of urea groups is 1.